The molecule has 0 spiro atoms. The van der Waals surface area contributed by atoms with Gasteiger partial charge in [-0.1, -0.05) is 0 Å². The number of halogens is 2. The topological polar surface area (TPSA) is 51.8 Å². The predicted molar refractivity (Wildman–Crippen MR) is 67.2 cm³/mol. The Morgan fingerprint density at radius 2 is 1.94 bits per heavy atom. The molecule has 0 unspecified atom stereocenters. The van der Waals surface area contributed by atoms with Gasteiger partial charge in [0, 0.05) is 0 Å². The maximum Gasteiger partial charge on any atom is 0.166 e. The molecule has 0 aliphatic rings. The third-order valence-corrected chi connectivity index (χ3v) is 3.33. The number of hydrogen-bond acceptors (Lipinski definition) is 4. The Kier molecular flexibility index (Phi) is 2.45. The molecule has 0 saturated carbocycles. The number of nitrogens with two attached hydrogens (primary N) is 1. The van der Waals surface area contributed by atoms with E-state index in [1.165, 1.54) is 11.3 Å². The molecule has 0 atom stereocenters. The van der Waals surface area contributed by atoms with Crippen molar-refractivity contribution in [1.82, 2.24) is 9.97 Å². The van der Waals surface area contributed by atoms with E-state index in [0.29, 0.717) is 4.83 Å². The van der Waals surface area contributed by atoms with Gasteiger partial charge in [0.05, 0.1) is 10.9 Å². The van der Waals surface area contributed by atoms with Crippen LogP contribution in [0.15, 0.2) is 29.6 Å². The number of rotatable bonds is 1. The maximum atomic E-state index is 13.6. The molecule has 0 amide bonds. The fourth-order valence-electron chi connectivity index (χ4n) is 1.67. The van der Waals surface area contributed by atoms with Gasteiger partial charge in [0.1, 0.15) is 22.3 Å². The first kappa shape index (κ1) is 11.0. The minimum Gasteiger partial charge on any atom is -0.383 e. The van der Waals surface area contributed by atoms with E-state index in [-0.39, 0.29) is 17.2 Å². The van der Waals surface area contributed by atoms with Gasteiger partial charge in [-0.25, -0.2) is 18.7 Å². The summed E-state index contributed by atoms with van der Waals surface area (Å²) in [5.74, 6) is -0.758. The number of anilines is 1. The van der Waals surface area contributed by atoms with Crippen LogP contribution in [0.1, 0.15) is 0 Å². The highest BCUT2D eigenvalue weighted by Crippen LogP contribution is 2.28. The quantitative estimate of drug-likeness (QED) is 0.733. The van der Waals surface area contributed by atoms with Crippen molar-refractivity contribution in [1.29, 1.82) is 0 Å². The van der Waals surface area contributed by atoms with Crippen molar-refractivity contribution in [2.75, 3.05) is 5.73 Å². The molecule has 18 heavy (non-hydrogen) atoms. The van der Waals surface area contributed by atoms with E-state index in [1.54, 1.807) is 6.07 Å². The van der Waals surface area contributed by atoms with Crippen molar-refractivity contribution >= 4 is 27.4 Å². The minimum absolute atomic E-state index is 0.0111. The Balaban J connectivity index is 2.27. The summed E-state index contributed by atoms with van der Waals surface area (Å²) < 4.78 is 26.8. The average Bonchev–Trinajstić information content (AvgIpc) is 2.81. The molecule has 0 aliphatic carbocycles. The smallest absolute Gasteiger partial charge is 0.166 e. The summed E-state index contributed by atoms with van der Waals surface area (Å²) in [6, 6.07) is 4.94. The zero-order valence-electron chi connectivity index (χ0n) is 9.02. The van der Waals surface area contributed by atoms with E-state index in [9.17, 15) is 8.78 Å². The fraction of sp³-hybridized carbons (Fsp3) is 0. The first-order valence-electron chi connectivity index (χ1n) is 5.11. The maximum absolute atomic E-state index is 13.6. The summed E-state index contributed by atoms with van der Waals surface area (Å²) in [4.78, 5) is 8.86. The van der Waals surface area contributed by atoms with E-state index in [2.05, 4.69) is 9.97 Å². The van der Waals surface area contributed by atoms with Crippen molar-refractivity contribution < 1.29 is 8.78 Å². The van der Waals surface area contributed by atoms with Crippen LogP contribution in [0.2, 0.25) is 0 Å². The van der Waals surface area contributed by atoms with Crippen LogP contribution in [0.25, 0.3) is 21.6 Å². The largest absolute Gasteiger partial charge is 0.383 e. The number of hydrogen-bond donors (Lipinski definition) is 1. The fourth-order valence-corrected chi connectivity index (χ4v) is 2.44. The second-order valence-electron chi connectivity index (χ2n) is 3.70. The summed E-state index contributed by atoms with van der Waals surface area (Å²) in [5, 5.41) is 2.54. The van der Waals surface area contributed by atoms with Gasteiger partial charge in [-0.3, -0.25) is 0 Å². The first-order chi connectivity index (χ1) is 8.65. The molecule has 0 aliphatic heterocycles. The zero-order valence-corrected chi connectivity index (χ0v) is 9.84. The lowest BCUT2D eigenvalue weighted by molar-refractivity contribution is 0.602. The average molecular weight is 263 g/mol. The number of fused-ring (bicyclic) bond motifs is 1. The van der Waals surface area contributed by atoms with Crippen LogP contribution in [-0.4, -0.2) is 9.97 Å². The highest BCUT2D eigenvalue weighted by atomic mass is 32.1. The molecule has 3 rings (SSSR count). The van der Waals surface area contributed by atoms with Crippen LogP contribution in [-0.2, 0) is 0 Å². The summed E-state index contributed by atoms with van der Waals surface area (Å²) in [5.41, 5.74) is 5.78. The van der Waals surface area contributed by atoms with Crippen molar-refractivity contribution in [3.05, 3.63) is 41.3 Å². The summed E-state index contributed by atoms with van der Waals surface area (Å²) in [6.45, 7) is 0. The van der Waals surface area contributed by atoms with Gasteiger partial charge in [-0.05, 0) is 29.6 Å². The molecule has 1 aromatic carbocycles. The van der Waals surface area contributed by atoms with Gasteiger partial charge in [0.2, 0.25) is 0 Å². The van der Waals surface area contributed by atoms with Crippen LogP contribution in [0, 0.1) is 11.6 Å². The minimum atomic E-state index is -0.577. The summed E-state index contributed by atoms with van der Waals surface area (Å²) >= 11 is 1.37. The van der Waals surface area contributed by atoms with Gasteiger partial charge < -0.3 is 5.73 Å². The van der Waals surface area contributed by atoms with Gasteiger partial charge in [0.15, 0.2) is 5.82 Å². The van der Waals surface area contributed by atoms with Crippen LogP contribution >= 0.6 is 11.3 Å². The number of benzene rings is 1. The first-order valence-corrected chi connectivity index (χ1v) is 5.99. The van der Waals surface area contributed by atoms with Crippen LogP contribution in [0.3, 0.4) is 0 Å². The molecule has 2 heterocycles. The lowest BCUT2D eigenvalue weighted by Crippen LogP contribution is -1.98. The third kappa shape index (κ3) is 1.70. The molecule has 90 valence electrons. The Morgan fingerprint density at radius 3 is 2.78 bits per heavy atom. The molecule has 3 aromatic rings. The Bertz CT molecular complexity index is 739. The standard InChI is InChI=1S/C12H7F2N3S/c13-6-1-2-9(14)8(5-6)11-16-10(15)7-3-4-18-12(7)17-11/h1-5H,(H2,15,16,17). The lowest BCUT2D eigenvalue weighted by Gasteiger charge is -2.04. The highest BCUT2D eigenvalue weighted by molar-refractivity contribution is 7.16. The van der Waals surface area contributed by atoms with Crippen molar-refractivity contribution in [2.45, 2.75) is 0 Å². The molecular formula is C12H7F2N3S. The second-order valence-corrected chi connectivity index (χ2v) is 4.59. The van der Waals surface area contributed by atoms with Crippen LogP contribution < -0.4 is 5.73 Å². The normalized spacial score (nSPS) is 11.0. The summed E-state index contributed by atoms with van der Waals surface area (Å²) in [7, 11) is 0. The monoisotopic (exact) mass is 263 g/mol. The number of nitrogen functional groups attached to an aromatic ring is 1. The molecule has 0 saturated heterocycles. The van der Waals surface area contributed by atoms with Gasteiger partial charge >= 0.3 is 0 Å². The second kappa shape index (κ2) is 3.99. The number of aromatic nitrogens is 2. The molecule has 6 heteroatoms. The summed E-state index contributed by atoms with van der Waals surface area (Å²) in [6.07, 6.45) is 0. The van der Waals surface area contributed by atoms with E-state index >= 15 is 0 Å². The molecule has 3 nitrogen and oxygen atoms in total. The molecular weight excluding hydrogens is 256 g/mol. The zero-order chi connectivity index (χ0) is 12.7. The lowest BCUT2D eigenvalue weighted by atomic mass is 10.2. The molecule has 0 fully saturated rings. The van der Waals surface area contributed by atoms with Crippen LogP contribution in [0.5, 0.6) is 0 Å². The van der Waals surface area contributed by atoms with Gasteiger partial charge in [0.25, 0.3) is 0 Å². The number of nitrogens with zero attached hydrogens (tertiary/aromatic N) is 2. The Labute approximate surface area is 105 Å². The van der Waals surface area contributed by atoms with Gasteiger partial charge in [-0.2, -0.15) is 0 Å². The molecule has 0 radical (unpaired) electrons. The van der Waals surface area contributed by atoms with Crippen molar-refractivity contribution in [2.24, 2.45) is 0 Å². The number of thiophene rings is 1. The Hall–Kier alpha value is -2.08. The van der Waals surface area contributed by atoms with E-state index in [1.807, 2.05) is 5.38 Å². The third-order valence-electron chi connectivity index (χ3n) is 2.52. The SMILES string of the molecule is Nc1nc(-c2cc(F)ccc2F)nc2sccc12. The Morgan fingerprint density at radius 1 is 1.11 bits per heavy atom. The van der Waals surface area contributed by atoms with Crippen LogP contribution in [0.4, 0.5) is 14.6 Å². The van der Waals surface area contributed by atoms with E-state index in [4.69, 9.17) is 5.73 Å². The van der Waals surface area contributed by atoms with Gasteiger partial charge in [-0.15, -0.1) is 11.3 Å². The predicted octanol–water partition coefficient (Wildman–Crippen LogP) is 3.22. The highest BCUT2D eigenvalue weighted by Gasteiger charge is 2.12. The molecule has 0 bridgehead atoms. The molecule has 2 N–H and O–H groups in total. The van der Waals surface area contributed by atoms with E-state index in [0.717, 1.165) is 23.6 Å². The van der Waals surface area contributed by atoms with Crippen molar-refractivity contribution in [3.63, 3.8) is 0 Å². The van der Waals surface area contributed by atoms with Crippen molar-refractivity contribution in [3.8, 4) is 11.4 Å². The molecule has 2 aromatic heterocycles. The van der Waals surface area contributed by atoms with E-state index < -0.39 is 11.6 Å².